The van der Waals surface area contributed by atoms with Gasteiger partial charge in [0.2, 0.25) is 0 Å². The molecule has 0 saturated heterocycles. The van der Waals surface area contributed by atoms with E-state index in [2.05, 4.69) is 15.3 Å². The van der Waals surface area contributed by atoms with E-state index in [1.807, 2.05) is 24.3 Å². The number of H-pyrrole nitrogens is 1. The summed E-state index contributed by atoms with van der Waals surface area (Å²) >= 11 is 11.9. The molecule has 1 amide bonds. The zero-order valence-electron chi connectivity index (χ0n) is 15.6. The number of amides is 1. The molecular formula is C23H16Cl2FN3O. The van der Waals surface area contributed by atoms with Gasteiger partial charge in [-0.2, -0.15) is 0 Å². The standard InChI is InChI=1S/C23H16Cl2FN3O/c24-18-9-17(10-19(25)11-18)23(30)28-12-14-1-3-16(4-2-14)22-27-13-21(29-22)15-5-7-20(26)8-6-15/h1-11,13H,12H2,(H,27,29)(H,28,30). The Morgan fingerprint density at radius 3 is 2.23 bits per heavy atom. The Morgan fingerprint density at radius 1 is 0.933 bits per heavy atom. The SMILES string of the molecule is O=C(NCc1ccc(-c2ncc(-c3ccc(F)cc3)[nH]2)cc1)c1cc(Cl)cc(Cl)c1. The van der Waals surface area contributed by atoms with Crippen molar-refractivity contribution >= 4 is 29.1 Å². The van der Waals surface area contributed by atoms with Crippen LogP contribution in [0, 0.1) is 5.82 Å². The third-order valence-corrected chi connectivity index (χ3v) is 4.97. The summed E-state index contributed by atoms with van der Waals surface area (Å²) in [4.78, 5) is 19.9. The highest BCUT2D eigenvalue weighted by atomic mass is 35.5. The first kappa shape index (κ1) is 20.1. The van der Waals surface area contributed by atoms with Crippen LogP contribution in [0.5, 0.6) is 0 Å². The molecule has 7 heteroatoms. The number of halogens is 3. The Hall–Kier alpha value is -3.15. The van der Waals surface area contributed by atoms with E-state index in [4.69, 9.17) is 23.2 Å². The molecule has 0 aliphatic rings. The molecule has 1 aromatic heterocycles. The molecule has 3 aromatic carbocycles. The largest absolute Gasteiger partial charge is 0.348 e. The maximum absolute atomic E-state index is 13.1. The minimum atomic E-state index is -0.278. The van der Waals surface area contributed by atoms with Gasteiger partial charge in [0.15, 0.2) is 0 Å². The number of carbonyl (C=O) groups excluding carboxylic acids is 1. The molecule has 0 atom stereocenters. The molecule has 30 heavy (non-hydrogen) atoms. The highest BCUT2D eigenvalue weighted by Gasteiger charge is 2.09. The van der Waals surface area contributed by atoms with Crippen LogP contribution in [0.25, 0.3) is 22.6 Å². The van der Waals surface area contributed by atoms with Gasteiger partial charge in [-0.3, -0.25) is 4.79 Å². The summed E-state index contributed by atoms with van der Waals surface area (Å²) < 4.78 is 13.1. The third kappa shape index (κ3) is 4.70. The van der Waals surface area contributed by atoms with E-state index in [-0.39, 0.29) is 11.7 Å². The highest BCUT2D eigenvalue weighted by molar-refractivity contribution is 6.35. The first-order valence-corrected chi connectivity index (χ1v) is 9.88. The summed E-state index contributed by atoms with van der Waals surface area (Å²) in [5, 5.41) is 3.67. The number of aromatic nitrogens is 2. The summed E-state index contributed by atoms with van der Waals surface area (Å²) in [5.41, 5.74) is 3.91. The molecule has 0 bridgehead atoms. The number of benzene rings is 3. The van der Waals surface area contributed by atoms with Crippen LogP contribution in [-0.4, -0.2) is 15.9 Å². The van der Waals surface area contributed by atoms with Crippen LogP contribution >= 0.6 is 23.2 Å². The van der Waals surface area contributed by atoms with Crippen LogP contribution < -0.4 is 5.32 Å². The number of carbonyl (C=O) groups is 1. The molecule has 4 aromatic rings. The summed E-state index contributed by atoms with van der Waals surface area (Å²) in [5.74, 6) is 0.177. The van der Waals surface area contributed by atoms with Crippen LogP contribution in [0.4, 0.5) is 4.39 Å². The molecule has 0 fully saturated rings. The summed E-state index contributed by atoms with van der Waals surface area (Å²) in [6.07, 6.45) is 1.72. The molecule has 2 N–H and O–H groups in total. The maximum atomic E-state index is 13.1. The summed E-state index contributed by atoms with van der Waals surface area (Å²) in [7, 11) is 0. The van der Waals surface area contributed by atoms with Crippen molar-refractivity contribution in [2.75, 3.05) is 0 Å². The highest BCUT2D eigenvalue weighted by Crippen LogP contribution is 2.23. The Kier molecular flexibility index (Phi) is 5.84. The fourth-order valence-corrected chi connectivity index (χ4v) is 3.52. The molecule has 0 spiro atoms. The van der Waals surface area contributed by atoms with E-state index in [0.29, 0.717) is 28.0 Å². The van der Waals surface area contributed by atoms with Gasteiger partial charge < -0.3 is 10.3 Å². The number of rotatable bonds is 5. The van der Waals surface area contributed by atoms with Crippen molar-refractivity contribution in [1.29, 1.82) is 0 Å². The molecule has 0 saturated carbocycles. The zero-order valence-corrected chi connectivity index (χ0v) is 17.1. The fraction of sp³-hybridized carbons (Fsp3) is 0.0435. The monoisotopic (exact) mass is 439 g/mol. The number of aromatic amines is 1. The average molecular weight is 440 g/mol. The molecule has 1 heterocycles. The van der Waals surface area contributed by atoms with Gasteiger partial charge in [0.1, 0.15) is 11.6 Å². The topological polar surface area (TPSA) is 57.8 Å². The van der Waals surface area contributed by atoms with Gasteiger partial charge in [-0.15, -0.1) is 0 Å². The van der Waals surface area contributed by atoms with Gasteiger partial charge in [-0.25, -0.2) is 9.37 Å². The van der Waals surface area contributed by atoms with E-state index in [1.165, 1.54) is 12.1 Å². The second kappa shape index (κ2) is 8.69. The van der Waals surface area contributed by atoms with Gasteiger partial charge >= 0.3 is 0 Å². The fourth-order valence-electron chi connectivity index (χ4n) is 2.99. The number of nitrogens with one attached hydrogen (secondary N) is 2. The lowest BCUT2D eigenvalue weighted by Gasteiger charge is -2.07. The zero-order chi connectivity index (χ0) is 21.1. The van der Waals surface area contributed by atoms with Crippen LogP contribution in [0.1, 0.15) is 15.9 Å². The Morgan fingerprint density at radius 2 is 1.57 bits per heavy atom. The minimum absolute atomic E-state index is 0.251. The molecule has 4 nitrogen and oxygen atoms in total. The van der Waals surface area contributed by atoms with Crippen molar-refractivity contribution in [2.24, 2.45) is 0 Å². The Balaban J connectivity index is 1.42. The van der Waals surface area contributed by atoms with Crippen LogP contribution in [0.15, 0.2) is 72.9 Å². The average Bonchev–Trinajstić information content (AvgIpc) is 3.22. The summed E-state index contributed by atoms with van der Waals surface area (Å²) in [6.45, 7) is 0.363. The minimum Gasteiger partial charge on any atom is -0.348 e. The van der Waals surface area contributed by atoms with Gasteiger partial charge in [0.25, 0.3) is 5.91 Å². The quantitative estimate of drug-likeness (QED) is 0.393. The van der Waals surface area contributed by atoms with Gasteiger partial charge in [-0.1, -0.05) is 47.5 Å². The molecule has 0 aliphatic carbocycles. The van der Waals surface area contributed by atoms with Crippen molar-refractivity contribution in [1.82, 2.24) is 15.3 Å². The van der Waals surface area contributed by atoms with Crippen molar-refractivity contribution in [3.05, 3.63) is 99.9 Å². The smallest absolute Gasteiger partial charge is 0.251 e. The first-order valence-electron chi connectivity index (χ1n) is 9.12. The molecule has 4 rings (SSSR count). The van der Waals surface area contributed by atoms with Crippen LogP contribution in [0.2, 0.25) is 10.0 Å². The number of hydrogen-bond acceptors (Lipinski definition) is 2. The lowest BCUT2D eigenvalue weighted by Crippen LogP contribution is -2.22. The van der Waals surface area contributed by atoms with Gasteiger partial charge in [0, 0.05) is 27.7 Å². The summed E-state index contributed by atoms with van der Waals surface area (Å²) in [6, 6.07) is 18.6. The third-order valence-electron chi connectivity index (χ3n) is 4.54. The van der Waals surface area contributed by atoms with Crippen molar-refractivity contribution in [3.63, 3.8) is 0 Å². The van der Waals surface area contributed by atoms with Gasteiger partial charge in [0.05, 0.1) is 11.9 Å². The number of imidazole rings is 1. The van der Waals surface area contributed by atoms with Crippen molar-refractivity contribution < 1.29 is 9.18 Å². The molecule has 0 unspecified atom stereocenters. The van der Waals surface area contributed by atoms with Crippen molar-refractivity contribution in [3.8, 4) is 22.6 Å². The number of nitrogens with zero attached hydrogens (tertiary/aromatic N) is 1. The Bertz CT molecular complexity index is 1170. The predicted octanol–water partition coefficient (Wildman–Crippen LogP) is 6.12. The Labute approximate surface area is 182 Å². The lowest BCUT2D eigenvalue weighted by atomic mass is 10.1. The van der Waals surface area contributed by atoms with E-state index in [1.54, 1.807) is 36.5 Å². The number of hydrogen-bond donors (Lipinski definition) is 2. The van der Waals surface area contributed by atoms with E-state index in [0.717, 1.165) is 22.4 Å². The van der Waals surface area contributed by atoms with E-state index in [9.17, 15) is 9.18 Å². The van der Waals surface area contributed by atoms with Crippen LogP contribution in [-0.2, 0) is 6.54 Å². The lowest BCUT2D eigenvalue weighted by molar-refractivity contribution is 0.0951. The van der Waals surface area contributed by atoms with E-state index < -0.39 is 0 Å². The normalized spacial score (nSPS) is 10.8. The van der Waals surface area contributed by atoms with Crippen LogP contribution in [0.3, 0.4) is 0 Å². The molecule has 0 radical (unpaired) electrons. The first-order chi connectivity index (χ1) is 14.5. The van der Waals surface area contributed by atoms with Crippen molar-refractivity contribution in [2.45, 2.75) is 6.54 Å². The predicted molar refractivity (Wildman–Crippen MR) is 117 cm³/mol. The maximum Gasteiger partial charge on any atom is 0.251 e. The van der Waals surface area contributed by atoms with Gasteiger partial charge in [-0.05, 0) is 53.6 Å². The second-order valence-corrected chi connectivity index (χ2v) is 7.56. The molecule has 150 valence electrons. The molecule has 0 aliphatic heterocycles. The molecular weight excluding hydrogens is 424 g/mol. The van der Waals surface area contributed by atoms with E-state index >= 15 is 0 Å². The second-order valence-electron chi connectivity index (χ2n) is 6.69.